The highest BCUT2D eigenvalue weighted by atomic mass is 16.5. The molecule has 2 amide bonds. The third kappa shape index (κ3) is 5.35. The second-order valence-corrected chi connectivity index (χ2v) is 6.50. The predicted molar refractivity (Wildman–Crippen MR) is 107 cm³/mol. The summed E-state index contributed by atoms with van der Waals surface area (Å²) in [7, 11) is 1.47. The van der Waals surface area contributed by atoms with Crippen molar-refractivity contribution in [2.45, 2.75) is 6.92 Å². The molecule has 3 rings (SSSR count). The van der Waals surface area contributed by atoms with Crippen molar-refractivity contribution in [2.24, 2.45) is 0 Å². The third-order valence-corrected chi connectivity index (χ3v) is 4.17. The average Bonchev–Trinajstić information content (AvgIpc) is 2.72. The highest BCUT2D eigenvalue weighted by molar-refractivity contribution is 5.96. The van der Waals surface area contributed by atoms with Crippen molar-refractivity contribution in [3.8, 4) is 0 Å². The minimum atomic E-state index is -0.650. The lowest BCUT2D eigenvalue weighted by molar-refractivity contribution is -0.136. The number of benzene rings is 2. The fourth-order valence-corrected chi connectivity index (χ4v) is 2.55. The fraction of sp³-hybridized carbons (Fsp3) is 0.190. The Hall–Kier alpha value is -3.81. The van der Waals surface area contributed by atoms with Crippen LogP contribution < -0.4 is 5.32 Å². The molecular weight excluding hydrogens is 372 g/mol. The molecule has 29 heavy (non-hydrogen) atoms. The molecule has 8 nitrogen and oxygen atoms in total. The van der Waals surface area contributed by atoms with Gasteiger partial charge in [0.25, 0.3) is 5.91 Å². The first-order valence-electron chi connectivity index (χ1n) is 8.91. The first-order valence-corrected chi connectivity index (χ1v) is 8.91. The lowest BCUT2D eigenvalue weighted by Gasteiger charge is -2.17. The number of esters is 1. The van der Waals surface area contributed by atoms with E-state index in [1.165, 1.54) is 18.1 Å². The molecule has 1 aromatic heterocycles. The van der Waals surface area contributed by atoms with Gasteiger partial charge in [-0.2, -0.15) is 0 Å². The number of hydrogen-bond acceptors (Lipinski definition) is 6. The average molecular weight is 392 g/mol. The number of fused-ring (bicyclic) bond motifs is 1. The third-order valence-electron chi connectivity index (χ3n) is 4.17. The summed E-state index contributed by atoms with van der Waals surface area (Å²) in [6, 6.07) is 12.1. The first-order chi connectivity index (χ1) is 13.9. The molecule has 0 radical (unpaired) electrons. The number of likely N-dealkylation sites (N-methyl/N-ethyl adjacent to an activating group) is 1. The van der Waals surface area contributed by atoms with Gasteiger partial charge < -0.3 is 15.0 Å². The van der Waals surface area contributed by atoms with Crippen molar-refractivity contribution in [3.63, 3.8) is 0 Å². The molecule has 0 bridgehead atoms. The molecule has 0 unspecified atom stereocenters. The molecule has 0 fully saturated rings. The molecule has 8 heteroatoms. The van der Waals surface area contributed by atoms with E-state index in [1.54, 1.807) is 36.5 Å². The van der Waals surface area contributed by atoms with Crippen LogP contribution in [-0.2, 0) is 14.3 Å². The van der Waals surface area contributed by atoms with Gasteiger partial charge in [0.1, 0.15) is 0 Å². The Balaban J connectivity index is 1.50. The van der Waals surface area contributed by atoms with Gasteiger partial charge in [-0.3, -0.25) is 19.6 Å². The smallest absolute Gasteiger partial charge is 0.338 e. The SMILES string of the molecule is Cc1ccc(NC(=O)CN(C)C(=O)COC(=O)c2ccc3nccnc3c2)cc1. The topological polar surface area (TPSA) is 101 Å². The summed E-state index contributed by atoms with van der Waals surface area (Å²) in [5, 5.41) is 2.71. The van der Waals surface area contributed by atoms with E-state index in [0.29, 0.717) is 16.7 Å². The molecule has 0 saturated carbocycles. The number of nitrogens with zero attached hydrogens (tertiary/aromatic N) is 3. The monoisotopic (exact) mass is 392 g/mol. The van der Waals surface area contributed by atoms with E-state index in [4.69, 9.17) is 4.74 Å². The van der Waals surface area contributed by atoms with Gasteiger partial charge in [0.15, 0.2) is 6.61 Å². The van der Waals surface area contributed by atoms with Crippen LogP contribution in [-0.4, -0.2) is 52.9 Å². The van der Waals surface area contributed by atoms with E-state index in [9.17, 15) is 14.4 Å². The zero-order valence-corrected chi connectivity index (χ0v) is 16.1. The number of anilines is 1. The minimum Gasteiger partial charge on any atom is -0.452 e. The van der Waals surface area contributed by atoms with E-state index in [-0.39, 0.29) is 18.0 Å². The Morgan fingerprint density at radius 3 is 2.41 bits per heavy atom. The lowest BCUT2D eigenvalue weighted by Crippen LogP contribution is -2.37. The predicted octanol–water partition coefficient (Wildman–Crippen LogP) is 2.19. The summed E-state index contributed by atoms with van der Waals surface area (Å²) in [4.78, 5) is 45.9. The molecule has 2 aromatic carbocycles. The van der Waals surface area contributed by atoms with Crippen LogP contribution in [0.2, 0.25) is 0 Å². The number of nitrogens with one attached hydrogen (secondary N) is 1. The van der Waals surface area contributed by atoms with Crippen LogP contribution in [0.1, 0.15) is 15.9 Å². The number of amides is 2. The van der Waals surface area contributed by atoms with Crippen molar-refractivity contribution in [1.82, 2.24) is 14.9 Å². The Kier molecular flexibility index (Phi) is 6.13. The molecule has 0 atom stereocenters. The zero-order chi connectivity index (χ0) is 20.8. The van der Waals surface area contributed by atoms with E-state index < -0.39 is 18.5 Å². The highest BCUT2D eigenvalue weighted by Crippen LogP contribution is 2.12. The van der Waals surface area contributed by atoms with Gasteiger partial charge in [0, 0.05) is 25.1 Å². The maximum Gasteiger partial charge on any atom is 0.338 e. The Morgan fingerprint density at radius 1 is 1.00 bits per heavy atom. The van der Waals surface area contributed by atoms with Crippen LogP contribution in [0.3, 0.4) is 0 Å². The number of carbonyl (C=O) groups excluding carboxylic acids is 3. The molecule has 1 heterocycles. The van der Waals surface area contributed by atoms with Crippen LogP contribution in [0.5, 0.6) is 0 Å². The molecule has 3 aromatic rings. The molecular formula is C21H20N4O4. The molecule has 0 aliphatic carbocycles. The first kappa shape index (κ1) is 19.9. The number of aromatic nitrogens is 2. The Labute approximate surface area is 167 Å². The summed E-state index contributed by atoms with van der Waals surface area (Å²) in [6.07, 6.45) is 3.08. The van der Waals surface area contributed by atoms with Gasteiger partial charge >= 0.3 is 5.97 Å². The standard InChI is InChI=1S/C21H20N4O4/c1-14-3-6-16(7-4-14)24-19(26)12-25(2)20(27)13-29-21(28)15-5-8-17-18(11-15)23-10-9-22-17/h3-11H,12-13H2,1-2H3,(H,24,26). The van der Waals surface area contributed by atoms with Crippen molar-refractivity contribution in [2.75, 3.05) is 25.5 Å². The van der Waals surface area contributed by atoms with Crippen LogP contribution in [0.25, 0.3) is 11.0 Å². The van der Waals surface area contributed by atoms with E-state index >= 15 is 0 Å². The van der Waals surface area contributed by atoms with Crippen LogP contribution in [0, 0.1) is 6.92 Å². The maximum absolute atomic E-state index is 12.2. The van der Waals surface area contributed by atoms with Crippen LogP contribution in [0.15, 0.2) is 54.9 Å². The summed E-state index contributed by atoms with van der Waals surface area (Å²) in [5.41, 5.74) is 3.20. The van der Waals surface area contributed by atoms with E-state index in [1.807, 2.05) is 19.1 Å². The molecule has 1 N–H and O–H groups in total. The van der Waals surface area contributed by atoms with Gasteiger partial charge in [-0.25, -0.2) is 4.79 Å². The minimum absolute atomic E-state index is 0.157. The number of ether oxygens (including phenoxy) is 1. The van der Waals surface area contributed by atoms with Gasteiger partial charge in [0.05, 0.1) is 23.1 Å². The van der Waals surface area contributed by atoms with Gasteiger partial charge in [-0.1, -0.05) is 17.7 Å². The number of carbonyl (C=O) groups is 3. The number of aryl methyl sites for hydroxylation is 1. The molecule has 0 saturated heterocycles. The normalized spacial score (nSPS) is 10.4. The van der Waals surface area contributed by atoms with Crippen molar-refractivity contribution in [3.05, 3.63) is 66.0 Å². The van der Waals surface area contributed by atoms with Crippen molar-refractivity contribution >= 4 is 34.5 Å². The highest BCUT2D eigenvalue weighted by Gasteiger charge is 2.16. The van der Waals surface area contributed by atoms with Crippen LogP contribution >= 0.6 is 0 Å². The molecule has 0 aliphatic rings. The second-order valence-electron chi connectivity index (χ2n) is 6.50. The summed E-state index contributed by atoms with van der Waals surface area (Å²) >= 11 is 0. The van der Waals surface area contributed by atoms with Crippen molar-refractivity contribution < 1.29 is 19.1 Å². The lowest BCUT2D eigenvalue weighted by atomic mass is 10.2. The Morgan fingerprint density at radius 2 is 1.69 bits per heavy atom. The maximum atomic E-state index is 12.2. The molecule has 0 aliphatic heterocycles. The van der Waals surface area contributed by atoms with Gasteiger partial charge in [-0.05, 0) is 37.3 Å². The zero-order valence-electron chi connectivity index (χ0n) is 16.1. The Bertz CT molecular complexity index is 1050. The van der Waals surface area contributed by atoms with Crippen molar-refractivity contribution in [1.29, 1.82) is 0 Å². The largest absolute Gasteiger partial charge is 0.452 e. The van der Waals surface area contributed by atoms with E-state index in [2.05, 4.69) is 15.3 Å². The van der Waals surface area contributed by atoms with Gasteiger partial charge in [-0.15, -0.1) is 0 Å². The fourth-order valence-electron chi connectivity index (χ4n) is 2.55. The van der Waals surface area contributed by atoms with E-state index in [0.717, 1.165) is 5.56 Å². The summed E-state index contributed by atoms with van der Waals surface area (Å²) in [6.45, 7) is 1.33. The molecule has 148 valence electrons. The van der Waals surface area contributed by atoms with Crippen LogP contribution in [0.4, 0.5) is 5.69 Å². The second kappa shape index (κ2) is 8.92. The molecule has 0 spiro atoms. The summed E-state index contributed by atoms with van der Waals surface area (Å²) in [5.74, 6) is -1.48. The van der Waals surface area contributed by atoms with Gasteiger partial charge in [0.2, 0.25) is 5.91 Å². The quantitative estimate of drug-likeness (QED) is 0.645. The number of rotatable bonds is 6. The summed E-state index contributed by atoms with van der Waals surface area (Å²) < 4.78 is 5.06. The number of hydrogen-bond donors (Lipinski definition) is 1.